The molecule has 0 radical (unpaired) electrons. The Labute approximate surface area is 110 Å². The molecule has 0 bridgehead atoms. The first-order valence-electron chi connectivity index (χ1n) is 6.72. The zero-order valence-corrected chi connectivity index (χ0v) is 11.9. The normalized spacial score (nSPS) is 12.2. The van der Waals surface area contributed by atoms with Crippen LogP contribution in [0.15, 0.2) is 12.1 Å². The molecular formula is C14H25N3O. The Bertz CT molecular complexity index is 368. The lowest BCUT2D eigenvalue weighted by Crippen LogP contribution is -2.29. The summed E-state index contributed by atoms with van der Waals surface area (Å²) in [6.45, 7) is 7.11. The third-order valence-corrected chi connectivity index (χ3v) is 3.05. The molecule has 18 heavy (non-hydrogen) atoms. The number of nitrogen functional groups attached to an aromatic ring is 1. The van der Waals surface area contributed by atoms with Crippen molar-refractivity contribution in [3.05, 3.63) is 12.1 Å². The maximum atomic E-state index is 5.86. The van der Waals surface area contributed by atoms with E-state index in [4.69, 9.17) is 10.5 Å². The van der Waals surface area contributed by atoms with Crippen molar-refractivity contribution < 1.29 is 4.74 Å². The van der Waals surface area contributed by atoms with Crippen LogP contribution in [0.4, 0.5) is 11.5 Å². The zero-order chi connectivity index (χ0) is 13.5. The van der Waals surface area contributed by atoms with Gasteiger partial charge >= 0.3 is 0 Å². The Morgan fingerprint density at radius 2 is 2.06 bits per heavy atom. The van der Waals surface area contributed by atoms with Crippen molar-refractivity contribution in [1.82, 2.24) is 4.98 Å². The first-order valence-corrected chi connectivity index (χ1v) is 6.72. The molecule has 1 heterocycles. The number of nitrogens with zero attached hydrogens (tertiary/aromatic N) is 2. The van der Waals surface area contributed by atoms with Crippen molar-refractivity contribution >= 4 is 11.5 Å². The molecular weight excluding hydrogens is 226 g/mol. The van der Waals surface area contributed by atoms with Crippen LogP contribution in [0.3, 0.4) is 0 Å². The molecule has 0 saturated carbocycles. The molecule has 4 nitrogen and oxygen atoms in total. The van der Waals surface area contributed by atoms with E-state index >= 15 is 0 Å². The van der Waals surface area contributed by atoms with E-state index in [-0.39, 0.29) is 0 Å². The summed E-state index contributed by atoms with van der Waals surface area (Å²) in [6, 6.07) is 4.27. The fraction of sp³-hybridized carbons (Fsp3) is 0.643. The second kappa shape index (κ2) is 7.09. The summed E-state index contributed by atoms with van der Waals surface area (Å²) in [7, 11) is 2.06. The lowest BCUT2D eigenvalue weighted by Gasteiger charge is -2.26. The van der Waals surface area contributed by atoms with Crippen LogP contribution >= 0.6 is 0 Å². The zero-order valence-electron chi connectivity index (χ0n) is 11.9. The van der Waals surface area contributed by atoms with Gasteiger partial charge in [-0.3, -0.25) is 0 Å². The van der Waals surface area contributed by atoms with Crippen LogP contribution in [0.5, 0.6) is 5.88 Å². The van der Waals surface area contributed by atoms with Gasteiger partial charge in [0.1, 0.15) is 5.82 Å². The molecule has 1 aromatic rings. The van der Waals surface area contributed by atoms with Crippen LogP contribution in [-0.2, 0) is 0 Å². The molecule has 1 unspecified atom stereocenters. The minimum atomic E-state index is 0.463. The number of ether oxygens (including phenoxy) is 1. The van der Waals surface area contributed by atoms with Crippen LogP contribution in [-0.4, -0.2) is 24.7 Å². The van der Waals surface area contributed by atoms with Crippen LogP contribution < -0.4 is 15.4 Å². The highest BCUT2D eigenvalue weighted by atomic mass is 16.5. The number of hydrogen-bond acceptors (Lipinski definition) is 4. The molecule has 0 aliphatic heterocycles. The van der Waals surface area contributed by atoms with Crippen LogP contribution in [0.1, 0.15) is 40.0 Å². The van der Waals surface area contributed by atoms with Gasteiger partial charge in [-0.15, -0.1) is 0 Å². The van der Waals surface area contributed by atoms with Gasteiger partial charge in [0.25, 0.3) is 0 Å². The summed E-state index contributed by atoms with van der Waals surface area (Å²) in [5.74, 6) is 1.46. The minimum absolute atomic E-state index is 0.463. The topological polar surface area (TPSA) is 51.4 Å². The van der Waals surface area contributed by atoms with E-state index in [1.807, 2.05) is 12.1 Å². The fourth-order valence-corrected chi connectivity index (χ4v) is 1.79. The molecule has 0 amide bonds. The second-order valence-corrected chi connectivity index (χ2v) is 4.66. The Kier molecular flexibility index (Phi) is 5.75. The van der Waals surface area contributed by atoms with E-state index in [1.54, 1.807) is 0 Å². The SMILES string of the molecule is CCCOc1nc(N(C)C(C)CCC)ccc1N. The van der Waals surface area contributed by atoms with Crippen molar-refractivity contribution in [3.63, 3.8) is 0 Å². The molecule has 102 valence electrons. The summed E-state index contributed by atoms with van der Waals surface area (Å²) in [4.78, 5) is 6.66. The molecule has 0 fully saturated rings. The Morgan fingerprint density at radius 3 is 2.67 bits per heavy atom. The number of aromatic nitrogens is 1. The van der Waals surface area contributed by atoms with Gasteiger partial charge in [0.2, 0.25) is 5.88 Å². The van der Waals surface area contributed by atoms with Gasteiger partial charge in [-0.2, -0.15) is 4.98 Å². The maximum absolute atomic E-state index is 5.86. The predicted octanol–water partition coefficient (Wildman–Crippen LogP) is 3.08. The van der Waals surface area contributed by atoms with Crippen molar-refractivity contribution in [3.8, 4) is 5.88 Å². The Morgan fingerprint density at radius 1 is 1.33 bits per heavy atom. The average molecular weight is 251 g/mol. The molecule has 2 N–H and O–H groups in total. The summed E-state index contributed by atoms with van der Waals surface area (Å²) in [5.41, 5.74) is 6.46. The van der Waals surface area contributed by atoms with Gasteiger partial charge in [0.05, 0.1) is 12.3 Å². The summed E-state index contributed by atoms with van der Waals surface area (Å²) >= 11 is 0. The predicted molar refractivity (Wildman–Crippen MR) is 77.2 cm³/mol. The lowest BCUT2D eigenvalue weighted by atomic mass is 10.2. The van der Waals surface area contributed by atoms with E-state index in [2.05, 4.69) is 37.7 Å². The van der Waals surface area contributed by atoms with Crippen LogP contribution in [0, 0.1) is 0 Å². The van der Waals surface area contributed by atoms with E-state index in [1.165, 1.54) is 6.42 Å². The van der Waals surface area contributed by atoms with Crippen molar-refractivity contribution in [2.45, 2.75) is 46.1 Å². The molecule has 0 aromatic carbocycles. The quantitative estimate of drug-likeness (QED) is 0.809. The first-order chi connectivity index (χ1) is 8.60. The largest absolute Gasteiger partial charge is 0.476 e. The smallest absolute Gasteiger partial charge is 0.239 e. The number of hydrogen-bond donors (Lipinski definition) is 1. The monoisotopic (exact) mass is 251 g/mol. The molecule has 0 aliphatic carbocycles. The third-order valence-electron chi connectivity index (χ3n) is 3.05. The van der Waals surface area contributed by atoms with Gasteiger partial charge in [0.15, 0.2) is 0 Å². The van der Waals surface area contributed by atoms with Gasteiger partial charge in [-0.25, -0.2) is 0 Å². The highest BCUT2D eigenvalue weighted by Gasteiger charge is 2.12. The van der Waals surface area contributed by atoms with Gasteiger partial charge in [0, 0.05) is 13.1 Å². The average Bonchev–Trinajstić information content (AvgIpc) is 2.37. The maximum Gasteiger partial charge on any atom is 0.239 e. The molecule has 4 heteroatoms. The molecule has 0 saturated heterocycles. The lowest BCUT2D eigenvalue weighted by molar-refractivity contribution is 0.307. The molecule has 0 spiro atoms. The molecule has 1 atom stereocenters. The third kappa shape index (κ3) is 3.79. The van der Waals surface area contributed by atoms with E-state index < -0.39 is 0 Å². The van der Waals surface area contributed by atoms with Crippen molar-refractivity contribution in [2.24, 2.45) is 0 Å². The summed E-state index contributed by atoms with van der Waals surface area (Å²) in [6.07, 6.45) is 3.26. The minimum Gasteiger partial charge on any atom is -0.476 e. The highest BCUT2D eigenvalue weighted by Crippen LogP contribution is 2.24. The fourth-order valence-electron chi connectivity index (χ4n) is 1.79. The first kappa shape index (κ1) is 14.6. The van der Waals surface area contributed by atoms with E-state index in [0.29, 0.717) is 24.2 Å². The van der Waals surface area contributed by atoms with E-state index in [0.717, 1.165) is 18.7 Å². The van der Waals surface area contributed by atoms with Crippen LogP contribution in [0.25, 0.3) is 0 Å². The Balaban J connectivity index is 2.82. The van der Waals surface area contributed by atoms with Gasteiger partial charge < -0.3 is 15.4 Å². The van der Waals surface area contributed by atoms with E-state index in [9.17, 15) is 0 Å². The standard InChI is InChI=1S/C14H25N3O/c1-5-7-11(3)17(4)13-9-8-12(15)14(16-13)18-10-6-2/h8-9,11H,5-7,10,15H2,1-4H3. The summed E-state index contributed by atoms with van der Waals surface area (Å²) < 4.78 is 5.55. The van der Waals surface area contributed by atoms with Crippen molar-refractivity contribution in [1.29, 1.82) is 0 Å². The second-order valence-electron chi connectivity index (χ2n) is 4.66. The van der Waals surface area contributed by atoms with Crippen molar-refractivity contribution in [2.75, 3.05) is 24.3 Å². The number of nitrogens with two attached hydrogens (primary N) is 1. The Hall–Kier alpha value is -1.45. The summed E-state index contributed by atoms with van der Waals surface area (Å²) in [5, 5.41) is 0. The molecule has 0 aliphatic rings. The molecule has 1 aromatic heterocycles. The number of pyridine rings is 1. The van der Waals surface area contributed by atoms with Crippen LogP contribution in [0.2, 0.25) is 0 Å². The number of rotatable bonds is 7. The molecule has 1 rings (SSSR count). The van der Waals surface area contributed by atoms with Gasteiger partial charge in [-0.05, 0) is 31.9 Å². The number of anilines is 2. The highest BCUT2D eigenvalue weighted by molar-refractivity contribution is 5.54. The van der Waals surface area contributed by atoms with Gasteiger partial charge in [-0.1, -0.05) is 20.3 Å².